The highest BCUT2D eigenvalue weighted by molar-refractivity contribution is 6.32. The number of fused-ring (bicyclic) bond motifs is 1. The minimum Gasteiger partial charge on any atom is -0.493 e. The monoisotopic (exact) mass is 479 g/mol. The van der Waals surface area contributed by atoms with E-state index in [0.717, 1.165) is 31.0 Å². The lowest BCUT2D eigenvalue weighted by atomic mass is 10.2. The van der Waals surface area contributed by atoms with Crippen LogP contribution in [0.25, 0.3) is 11.7 Å². The summed E-state index contributed by atoms with van der Waals surface area (Å²) in [4.78, 5) is 28.9. The van der Waals surface area contributed by atoms with Crippen molar-refractivity contribution in [1.29, 1.82) is 0 Å². The number of aromatic amines is 2. The number of ether oxygens (including phenoxy) is 1. The van der Waals surface area contributed by atoms with Crippen LogP contribution in [0.5, 0.6) is 17.6 Å². The van der Waals surface area contributed by atoms with E-state index in [9.17, 15) is 23.1 Å². The molecule has 33 heavy (non-hydrogen) atoms. The Morgan fingerprint density at radius 3 is 2.73 bits per heavy atom. The molecule has 170 valence electrons. The molecule has 0 spiro atoms. The van der Waals surface area contributed by atoms with Gasteiger partial charge >= 0.3 is 17.9 Å². The maximum absolute atomic E-state index is 13.1. The van der Waals surface area contributed by atoms with Gasteiger partial charge < -0.3 is 14.8 Å². The van der Waals surface area contributed by atoms with Gasteiger partial charge in [0.15, 0.2) is 5.65 Å². The molecule has 0 amide bonds. The Bertz CT molecular complexity index is 1550. The quantitative estimate of drug-likeness (QED) is 0.409. The van der Waals surface area contributed by atoms with Crippen LogP contribution in [-0.4, -0.2) is 40.7 Å². The SMILES string of the molecule is O=c1[nH]c(O)c(C=c2cnn3c(=NC4CC4)nc(Oc4cc(C(F)(F)F)ccc4Cl)nc23)[nH]1. The predicted octanol–water partition coefficient (Wildman–Crippen LogP) is 1.92. The minimum absolute atomic E-state index is 0.0368. The van der Waals surface area contributed by atoms with Crippen LogP contribution in [0.1, 0.15) is 24.1 Å². The Labute approximate surface area is 186 Å². The highest BCUT2D eigenvalue weighted by Gasteiger charge is 2.31. The second kappa shape index (κ2) is 7.62. The summed E-state index contributed by atoms with van der Waals surface area (Å²) in [5.41, 5.74) is -1.16. The average Bonchev–Trinajstić information content (AvgIpc) is 3.37. The van der Waals surface area contributed by atoms with Crippen molar-refractivity contribution in [2.75, 3.05) is 0 Å². The van der Waals surface area contributed by atoms with Gasteiger partial charge in [-0.1, -0.05) is 11.6 Å². The van der Waals surface area contributed by atoms with E-state index in [1.807, 2.05) is 0 Å². The summed E-state index contributed by atoms with van der Waals surface area (Å²) in [6, 6.07) is 2.39. The van der Waals surface area contributed by atoms with Crippen LogP contribution in [0.3, 0.4) is 0 Å². The number of halogens is 4. The van der Waals surface area contributed by atoms with Gasteiger partial charge in [-0.05, 0) is 37.1 Å². The lowest BCUT2D eigenvalue weighted by Crippen LogP contribution is -2.23. The summed E-state index contributed by atoms with van der Waals surface area (Å²) in [5, 5.41) is 14.3. The molecular formula is C19H13ClF3N7O3. The Hall–Kier alpha value is -3.87. The maximum atomic E-state index is 13.1. The number of H-pyrrole nitrogens is 2. The van der Waals surface area contributed by atoms with Gasteiger partial charge in [-0.2, -0.15) is 32.8 Å². The van der Waals surface area contributed by atoms with Crippen LogP contribution < -0.4 is 21.3 Å². The Morgan fingerprint density at radius 2 is 2.06 bits per heavy atom. The number of alkyl halides is 3. The number of rotatable bonds is 4. The van der Waals surface area contributed by atoms with Crippen molar-refractivity contribution < 1.29 is 23.0 Å². The Balaban J connectivity index is 1.66. The van der Waals surface area contributed by atoms with Crippen LogP contribution in [0.15, 0.2) is 34.2 Å². The summed E-state index contributed by atoms with van der Waals surface area (Å²) in [6.07, 6.45) is -0.0606. The van der Waals surface area contributed by atoms with E-state index in [4.69, 9.17) is 16.3 Å². The zero-order valence-corrected chi connectivity index (χ0v) is 17.1. The fraction of sp³-hybridized carbons (Fsp3) is 0.211. The topological polar surface area (TPSA) is 134 Å². The molecule has 3 heterocycles. The molecule has 0 radical (unpaired) electrons. The van der Waals surface area contributed by atoms with Crippen molar-refractivity contribution in [2.24, 2.45) is 4.99 Å². The minimum atomic E-state index is -4.59. The van der Waals surface area contributed by atoms with Crippen LogP contribution in [0, 0.1) is 0 Å². The van der Waals surface area contributed by atoms with E-state index in [1.54, 1.807) is 0 Å². The molecule has 0 unspecified atom stereocenters. The van der Waals surface area contributed by atoms with Gasteiger partial charge in [-0.15, -0.1) is 0 Å². The van der Waals surface area contributed by atoms with E-state index in [1.165, 1.54) is 16.8 Å². The molecule has 1 saturated carbocycles. The maximum Gasteiger partial charge on any atom is 0.416 e. The highest BCUT2D eigenvalue weighted by atomic mass is 35.5. The fourth-order valence-corrected chi connectivity index (χ4v) is 3.12. The van der Waals surface area contributed by atoms with Gasteiger partial charge in [0.25, 0.3) is 5.62 Å². The number of imidazole rings is 1. The molecule has 1 aliphatic carbocycles. The predicted molar refractivity (Wildman–Crippen MR) is 108 cm³/mol. The summed E-state index contributed by atoms with van der Waals surface area (Å²) in [7, 11) is 0. The number of benzene rings is 1. The molecule has 10 nitrogen and oxygen atoms in total. The Morgan fingerprint density at radius 1 is 1.27 bits per heavy atom. The van der Waals surface area contributed by atoms with Gasteiger partial charge in [0.1, 0.15) is 11.4 Å². The molecule has 5 rings (SSSR count). The van der Waals surface area contributed by atoms with E-state index in [0.29, 0.717) is 5.22 Å². The smallest absolute Gasteiger partial charge is 0.416 e. The standard InChI is InChI=1S/C19H13ClF3N7O3/c20-11-4-1-9(19(21,22)23)6-13(11)33-18-27-14-8(5-12-15(31)28-17(32)26-12)7-24-30(14)16(29-18)25-10-2-3-10/h1,4-7,10,31H,2-3H2,(H2,26,28,32). The van der Waals surface area contributed by atoms with Crippen LogP contribution >= 0.6 is 11.6 Å². The van der Waals surface area contributed by atoms with Crippen molar-refractivity contribution in [3.63, 3.8) is 0 Å². The molecule has 1 aromatic carbocycles. The second-order valence-electron chi connectivity index (χ2n) is 7.23. The normalized spacial score (nSPS) is 15.5. The molecular weight excluding hydrogens is 467 g/mol. The molecule has 1 aliphatic rings. The molecule has 3 aromatic heterocycles. The second-order valence-corrected chi connectivity index (χ2v) is 7.64. The largest absolute Gasteiger partial charge is 0.493 e. The summed E-state index contributed by atoms with van der Waals surface area (Å²) >= 11 is 6.03. The molecule has 4 aromatic rings. The number of aromatic nitrogens is 6. The van der Waals surface area contributed by atoms with Crippen molar-refractivity contribution in [2.45, 2.75) is 25.1 Å². The summed E-state index contributed by atoms with van der Waals surface area (Å²) < 4.78 is 46.2. The highest BCUT2D eigenvalue weighted by Crippen LogP contribution is 2.36. The van der Waals surface area contributed by atoms with E-state index < -0.39 is 17.4 Å². The van der Waals surface area contributed by atoms with Crippen molar-refractivity contribution in [3.8, 4) is 17.6 Å². The third kappa shape index (κ3) is 4.26. The van der Waals surface area contributed by atoms with Crippen LogP contribution in [0.2, 0.25) is 5.02 Å². The lowest BCUT2D eigenvalue weighted by molar-refractivity contribution is -0.137. The van der Waals surface area contributed by atoms with E-state index in [-0.39, 0.29) is 45.7 Å². The van der Waals surface area contributed by atoms with Gasteiger partial charge in [-0.3, -0.25) is 4.98 Å². The van der Waals surface area contributed by atoms with E-state index in [2.05, 4.69) is 30.0 Å². The van der Waals surface area contributed by atoms with Crippen molar-refractivity contribution in [1.82, 2.24) is 29.5 Å². The molecule has 14 heteroatoms. The molecule has 1 fully saturated rings. The fourth-order valence-electron chi connectivity index (χ4n) is 2.96. The number of aromatic hydroxyl groups is 1. The number of nitrogens with zero attached hydrogens (tertiary/aromatic N) is 5. The zero-order valence-electron chi connectivity index (χ0n) is 16.4. The zero-order chi connectivity index (χ0) is 23.3. The van der Waals surface area contributed by atoms with Gasteiger partial charge in [0.2, 0.25) is 5.88 Å². The molecule has 0 bridgehead atoms. The van der Waals surface area contributed by atoms with Gasteiger partial charge in [0, 0.05) is 5.22 Å². The number of hydrogen-bond donors (Lipinski definition) is 3. The average molecular weight is 480 g/mol. The van der Waals surface area contributed by atoms with E-state index >= 15 is 0 Å². The molecule has 0 saturated heterocycles. The number of nitrogens with one attached hydrogen (secondary N) is 2. The lowest BCUT2D eigenvalue weighted by Gasteiger charge is -2.10. The summed E-state index contributed by atoms with van der Waals surface area (Å²) in [6.45, 7) is 0. The van der Waals surface area contributed by atoms with Crippen LogP contribution in [0.4, 0.5) is 13.2 Å². The molecule has 0 atom stereocenters. The Kier molecular flexibility index (Phi) is 4.85. The first-order chi connectivity index (χ1) is 15.7. The third-order valence-electron chi connectivity index (χ3n) is 4.70. The van der Waals surface area contributed by atoms with Gasteiger partial charge in [-0.25, -0.2) is 9.79 Å². The third-order valence-corrected chi connectivity index (χ3v) is 5.01. The van der Waals surface area contributed by atoms with Crippen LogP contribution in [-0.2, 0) is 6.18 Å². The summed E-state index contributed by atoms with van der Waals surface area (Å²) in [5.74, 6) is -0.672. The first-order valence-electron chi connectivity index (χ1n) is 9.54. The first-order valence-corrected chi connectivity index (χ1v) is 9.92. The van der Waals surface area contributed by atoms with Gasteiger partial charge in [0.05, 0.1) is 22.8 Å². The van der Waals surface area contributed by atoms with Crippen molar-refractivity contribution >= 4 is 23.3 Å². The number of hydrogen-bond acceptors (Lipinski definition) is 7. The molecule has 3 N–H and O–H groups in total. The van der Waals surface area contributed by atoms with Crippen molar-refractivity contribution in [3.05, 3.63) is 62.0 Å². The first kappa shape index (κ1) is 21.0. The molecule has 0 aliphatic heterocycles.